The number of aliphatic hydroxyl groups is 6. The van der Waals surface area contributed by atoms with Crippen LogP contribution in [0.5, 0.6) is 0 Å². The molecule has 0 spiro atoms. The van der Waals surface area contributed by atoms with Crippen LogP contribution in [0, 0.1) is 65.1 Å². The van der Waals surface area contributed by atoms with Crippen LogP contribution < -0.4 is 0 Å². The van der Waals surface area contributed by atoms with Gasteiger partial charge in [0.05, 0.1) is 36.6 Å². The topological polar surface area (TPSA) is 244 Å². The lowest BCUT2D eigenvalue weighted by Crippen LogP contribution is -2.15. The summed E-state index contributed by atoms with van der Waals surface area (Å²) < 4.78 is 0. The van der Waals surface area contributed by atoms with E-state index in [4.69, 9.17) is 15.3 Å². The van der Waals surface area contributed by atoms with Gasteiger partial charge in [0, 0.05) is 55.8 Å². The van der Waals surface area contributed by atoms with Crippen molar-refractivity contribution in [2.75, 3.05) is 0 Å². The Labute approximate surface area is 427 Å². The Morgan fingerprint density at radius 3 is 1.20 bits per heavy atom. The summed E-state index contributed by atoms with van der Waals surface area (Å²) in [6.07, 6.45) is 16.5. The number of carboxylic acids is 1. The zero-order valence-corrected chi connectivity index (χ0v) is 45.8. The fourth-order valence-corrected chi connectivity index (χ4v) is 8.45. The van der Waals surface area contributed by atoms with Crippen molar-refractivity contribution >= 4 is 34.9 Å². The van der Waals surface area contributed by atoms with Crippen molar-refractivity contribution in [2.24, 2.45) is 65.1 Å². The summed E-state index contributed by atoms with van der Waals surface area (Å²) in [6, 6.07) is 0. The third-order valence-corrected chi connectivity index (χ3v) is 16.3. The maximum Gasteiger partial charge on any atom is 0.303 e. The van der Waals surface area contributed by atoms with Gasteiger partial charge < -0.3 is 35.7 Å². The van der Waals surface area contributed by atoms with E-state index in [0.29, 0.717) is 49.6 Å². The summed E-state index contributed by atoms with van der Waals surface area (Å²) in [5.74, 6) is 3.08. The van der Waals surface area contributed by atoms with Crippen LogP contribution in [0.1, 0.15) is 168 Å². The summed E-state index contributed by atoms with van der Waals surface area (Å²) in [6.45, 7) is 31.0. The minimum Gasteiger partial charge on any atom is -0.481 e. The summed E-state index contributed by atoms with van der Waals surface area (Å²) in [4.78, 5) is 63.9. The Balaban J connectivity index is 0.000000790. The lowest BCUT2D eigenvalue weighted by Gasteiger charge is -2.12. The number of hydrogen-bond donors (Lipinski definition) is 7. The fraction of sp³-hybridized carbons (Fsp3) is 0.724. The molecule has 0 aromatic rings. The molecule has 7 rings (SSSR count). The van der Waals surface area contributed by atoms with Gasteiger partial charge in [0.1, 0.15) is 17.3 Å². The van der Waals surface area contributed by atoms with Crippen molar-refractivity contribution in [3.05, 3.63) is 59.8 Å². The molecule has 7 N–H and O–H groups in total. The molecule has 17 atom stereocenters. The van der Waals surface area contributed by atoms with Crippen LogP contribution in [0.25, 0.3) is 0 Å². The van der Waals surface area contributed by atoms with Gasteiger partial charge in [0.15, 0.2) is 11.6 Å². The van der Waals surface area contributed by atoms with E-state index in [1.54, 1.807) is 6.08 Å². The van der Waals surface area contributed by atoms with Gasteiger partial charge in [0.25, 0.3) is 0 Å². The minimum atomic E-state index is -0.720. The van der Waals surface area contributed by atoms with Crippen molar-refractivity contribution in [2.45, 2.75) is 204 Å². The molecule has 0 aromatic heterocycles. The molecule has 0 aromatic carbocycles. The molecule has 13 heteroatoms. The molecule has 7 aliphatic rings. The van der Waals surface area contributed by atoms with Crippen molar-refractivity contribution in [1.82, 2.24) is 0 Å². The molecule has 0 aliphatic heterocycles. The normalized spacial score (nSPS) is 35.5. The molecule has 0 amide bonds. The Kier molecular flexibility index (Phi) is 32.1. The van der Waals surface area contributed by atoms with Crippen LogP contribution in [0.4, 0.5) is 0 Å². The zero-order valence-electron chi connectivity index (χ0n) is 45.8. The van der Waals surface area contributed by atoms with Crippen LogP contribution in [-0.4, -0.2) is 107 Å². The van der Waals surface area contributed by atoms with Gasteiger partial charge in [-0.1, -0.05) is 118 Å². The number of aliphatic hydroxyl groups excluding tert-OH is 6. The first kappa shape index (κ1) is 67.3. The van der Waals surface area contributed by atoms with E-state index in [2.05, 4.69) is 13.5 Å². The highest BCUT2D eigenvalue weighted by atomic mass is 16.4. The van der Waals surface area contributed by atoms with Crippen molar-refractivity contribution in [3.63, 3.8) is 0 Å². The number of unbranched alkanes of at least 4 members (excludes halogenated alkanes) is 1. The molecule has 0 unspecified atom stereocenters. The number of carboxylic acid groups (broad SMARTS) is 1. The molecule has 13 nitrogen and oxygen atoms in total. The predicted molar refractivity (Wildman–Crippen MR) is 281 cm³/mol. The third kappa shape index (κ3) is 23.8. The van der Waals surface area contributed by atoms with Gasteiger partial charge in [-0.3, -0.25) is 28.8 Å². The number of aliphatic carboxylic acids is 1. The van der Waals surface area contributed by atoms with Gasteiger partial charge in [0.2, 0.25) is 0 Å². The van der Waals surface area contributed by atoms with Gasteiger partial charge in [-0.15, -0.1) is 6.58 Å². The van der Waals surface area contributed by atoms with Crippen LogP contribution in [0.15, 0.2) is 59.8 Å². The monoisotopic (exact) mass is 1000 g/mol. The minimum absolute atomic E-state index is 0.0694. The van der Waals surface area contributed by atoms with Crippen LogP contribution in [-0.2, 0) is 28.8 Å². The van der Waals surface area contributed by atoms with E-state index >= 15 is 0 Å². The molecule has 4 fully saturated rings. The summed E-state index contributed by atoms with van der Waals surface area (Å²) in [5.41, 5.74) is 3.50. The molecule has 0 bridgehead atoms. The first-order valence-electron chi connectivity index (χ1n) is 26.1. The number of carbonyl (C=O) groups is 6. The van der Waals surface area contributed by atoms with Crippen molar-refractivity contribution in [1.29, 1.82) is 0 Å². The smallest absolute Gasteiger partial charge is 0.303 e. The van der Waals surface area contributed by atoms with Crippen LogP contribution >= 0.6 is 0 Å². The molecule has 0 saturated heterocycles. The first-order chi connectivity index (χ1) is 32.9. The lowest BCUT2D eigenvalue weighted by molar-refractivity contribution is -0.137. The van der Waals surface area contributed by atoms with Crippen molar-refractivity contribution in [3.8, 4) is 0 Å². The number of hydrogen-bond acceptors (Lipinski definition) is 12. The first-order valence-corrected chi connectivity index (χ1v) is 26.1. The number of carbonyl (C=O) groups excluding carboxylic acids is 5. The third-order valence-electron chi connectivity index (χ3n) is 16.3. The number of allylic oxidation sites excluding steroid dienone is 9. The van der Waals surface area contributed by atoms with Gasteiger partial charge in [-0.25, -0.2) is 0 Å². The molecule has 7 aliphatic carbocycles. The summed E-state index contributed by atoms with van der Waals surface area (Å²) in [7, 11) is 0. The largest absolute Gasteiger partial charge is 0.481 e. The molecular weight excluding hydrogens is 905 g/mol. The maximum atomic E-state index is 10.8. The van der Waals surface area contributed by atoms with E-state index in [1.807, 2.05) is 120 Å². The second kappa shape index (κ2) is 33.9. The SMILES string of the molecule is C=CC/C=C\CCCC(=O)O.CC1=C(C)C(=O)CC1.CC1=CCC(=O)[C@@H]1C.C[C@@H]1[C@@H](C)[C@@H](O)C[C@H]1O.C[C@@H]1[C@@H](C)[C@H](O)C[C@H]1O.C[C@H]1C=CC(=O)[C@@H]1C.C[C@H]1[C@@H](O)CC(=O)[C@@H]1C.C[C@H]1[C@H](O)CC(=O)[C@@H]1C. The van der Waals surface area contributed by atoms with Crippen LogP contribution in [0.2, 0.25) is 0 Å². The Hall–Kier alpha value is -3.72. The highest BCUT2D eigenvalue weighted by Gasteiger charge is 2.37. The fourth-order valence-electron chi connectivity index (χ4n) is 8.45. The highest BCUT2D eigenvalue weighted by Crippen LogP contribution is 2.33. The summed E-state index contributed by atoms with van der Waals surface area (Å²) in [5, 5.41) is 63.2. The van der Waals surface area contributed by atoms with Gasteiger partial charge in [-0.05, 0) is 112 Å². The van der Waals surface area contributed by atoms with Gasteiger partial charge in [-0.2, -0.15) is 0 Å². The van der Waals surface area contributed by atoms with E-state index in [0.717, 1.165) is 37.7 Å². The summed E-state index contributed by atoms with van der Waals surface area (Å²) >= 11 is 0. The highest BCUT2D eigenvalue weighted by molar-refractivity contribution is 5.98. The standard InChI is InChI=1S/C9H14O2.2C7H14O2.2C7H12O2.3C7H10O/c1-2-3-4-5-6-7-8-9(10)11;4*1-4-5(2)7(9)3-6(4)8;3*1-5-3-4-7(8)6(5)2/h2,4-5H,1,3,6-8H2,(H,10,11);2*4-9H,3H2,1-2H3;2*4-6,8H,3H2,1-2H3;3-4H2,1-2H3;3,6H,4H2,1-2H3;3-6H,1-2H3/b5-4-;;;;;;;/t;4-,5-,6-,7+;4-,5-,6-,7-;4-,5-,6+;4-,5-,6-;;6-;5-,6+/m.1111.10/s1. The Bertz CT molecular complexity index is 1740. The maximum absolute atomic E-state index is 10.8. The average molecular weight is 1000 g/mol. The Morgan fingerprint density at radius 2 is 1.04 bits per heavy atom. The van der Waals surface area contributed by atoms with Crippen LogP contribution in [0.3, 0.4) is 0 Å². The molecule has 0 radical (unpaired) electrons. The number of ketones is 5. The quantitative estimate of drug-likeness (QED) is 0.0972. The van der Waals surface area contributed by atoms with E-state index in [-0.39, 0.29) is 120 Å². The van der Waals surface area contributed by atoms with E-state index in [9.17, 15) is 49.2 Å². The van der Waals surface area contributed by atoms with E-state index < -0.39 is 5.97 Å². The zero-order chi connectivity index (χ0) is 55.0. The lowest BCUT2D eigenvalue weighted by atomic mass is 9.98. The van der Waals surface area contributed by atoms with Crippen molar-refractivity contribution < 1.29 is 64.5 Å². The average Bonchev–Trinajstić information content (AvgIpc) is 4.12. The number of Topliss-reactive ketones (excluding diaryl/α,β-unsaturated/α-hetero) is 4. The number of rotatable bonds is 6. The predicted octanol–water partition coefficient (Wildman–Crippen LogP) is 8.95. The molecule has 71 heavy (non-hydrogen) atoms. The van der Waals surface area contributed by atoms with E-state index in [1.165, 1.54) is 11.1 Å². The molecule has 406 valence electrons. The second-order valence-corrected chi connectivity index (χ2v) is 21.3. The molecular formula is C58H96O13. The molecule has 0 heterocycles. The van der Waals surface area contributed by atoms with Gasteiger partial charge >= 0.3 is 5.97 Å². The second-order valence-electron chi connectivity index (χ2n) is 21.3. The Morgan fingerprint density at radius 1 is 0.606 bits per heavy atom. The molecule has 4 saturated carbocycles.